The van der Waals surface area contributed by atoms with Crippen LogP contribution in [-0.2, 0) is 9.53 Å². The maximum atomic E-state index is 12.4. The zero-order valence-electron chi connectivity index (χ0n) is 10.6. The molecule has 0 aliphatic carbocycles. The Morgan fingerprint density at radius 3 is 2.84 bits per heavy atom. The number of esters is 1. The van der Waals surface area contributed by atoms with Gasteiger partial charge in [0.2, 0.25) is 0 Å². The van der Waals surface area contributed by atoms with Crippen molar-refractivity contribution in [2.24, 2.45) is 0 Å². The molecule has 1 aliphatic heterocycles. The summed E-state index contributed by atoms with van der Waals surface area (Å²) in [6, 6.07) is 4.19. The van der Waals surface area contributed by atoms with Gasteiger partial charge in [0.1, 0.15) is 6.04 Å². The van der Waals surface area contributed by atoms with Crippen LogP contribution < -0.4 is 5.73 Å². The lowest BCUT2D eigenvalue weighted by molar-refractivity contribution is -0.145. The summed E-state index contributed by atoms with van der Waals surface area (Å²) < 4.78 is 4.71. The van der Waals surface area contributed by atoms with E-state index in [1.165, 1.54) is 18.1 Å². The number of nitrogen functional groups attached to an aromatic ring is 1. The third-order valence-corrected chi connectivity index (χ3v) is 3.52. The largest absolute Gasteiger partial charge is 0.467 e. The van der Waals surface area contributed by atoms with Crippen molar-refractivity contribution in [3.8, 4) is 0 Å². The van der Waals surface area contributed by atoms with Crippen LogP contribution in [0.3, 0.4) is 0 Å². The molecule has 0 saturated carbocycles. The number of methoxy groups -OCH3 is 1. The third kappa shape index (κ3) is 2.66. The summed E-state index contributed by atoms with van der Waals surface area (Å²) in [5.41, 5.74) is 6.44. The number of carbonyl (C=O) groups is 2. The van der Waals surface area contributed by atoms with E-state index in [0.717, 1.165) is 6.42 Å². The second-order valence-corrected chi connectivity index (χ2v) is 4.83. The number of halogens is 1. The maximum absolute atomic E-state index is 12.4. The standard InChI is InChI=1S/C13H15ClN2O3/c1-19-13(18)11-3-2-6-16(11)12(17)9-5-4-8(15)7-10(9)14/h4-5,7,11H,2-3,6,15H2,1H3. The first-order valence-electron chi connectivity index (χ1n) is 5.98. The number of anilines is 1. The number of hydrogen-bond acceptors (Lipinski definition) is 4. The van der Waals surface area contributed by atoms with E-state index in [1.807, 2.05) is 0 Å². The molecule has 1 aromatic carbocycles. The summed E-state index contributed by atoms with van der Waals surface area (Å²) in [6.07, 6.45) is 1.39. The molecule has 1 saturated heterocycles. The molecule has 1 amide bonds. The summed E-state index contributed by atoms with van der Waals surface area (Å²) in [5.74, 6) is -0.657. The van der Waals surface area contributed by atoms with Crippen LogP contribution in [-0.4, -0.2) is 36.5 Å². The molecule has 5 nitrogen and oxygen atoms in total. The predicted octanol–water partition coefficient (Wildman–Crippen LogP) is 1.70. The average molecular weight is 283 g/mol. The number of nitrogens with zero attached hydrogens (tertiary/aromatic N) is 1. The first-order chi connectivity index (χ1) is 9.04. The fraction of sp³-hybridized carbons (Fsp3) is 0.385. The molecule has 1 aromatic rings. The van der Waals surface area contributed by atoms with Crippen LogP contribution in [0.4, 0.5) is 5.69 Å². The Morgan fingerprint density at radius 1 is 1.47 bits per heavy atom. The van der Waals surface area contributed by atoms with Crippen molar-refractivity contribution in [3.05, 3.63) is 28.8 Å². The first-order valence-corrected chi connectivity index (χ1v) is 6.36. The Kier molecular flexibility index (Phi) is 3.95. The van der Waals surface area contributed by atoms with Gasteiger partial charge in [0.25, 0.3) is 5.91 Å². The van der Waals surface area contributed by atoms with Crippen molar-refractivity contribution in [1.82, 2.24) is 4.90 Å². The number of carbonyl (C=O) groups excluding carboxylic acids is 2. The molecule has 1 aliphatic rings. The van der Waals surface area contributed by atoms with Gasteiger partial charge in [0.15, 0.2) is 0 Å². The maximum Gasteiger partial charge on any atom is 0.328 e. The summed E-state index contributed by atoms with van der Waals surface area (Å²) in [7, 11) is 1.32. The van der Waals surface area contributed by atoms with Gasteiger partial charge in [-0.25, -0.2) is 4.79 Å². The zero-order chi connectivity index (χ0) is 14.0. The van der Waals surface area contributed by atoms with Crippen LogP contribution in [0.1, 0.15) is 23.2 Å². The van der Waals surface area contributed by atoms with Crippen LogP contribution >= 0.6 is 11.6 Å². The van der Waals surface area contributed by atoms with E-state index in [9.17, 15) is 9.59 Å². The Morgan fingerprint density at radius 2 is 2.21 bits per heavy atom. The van der Waals surface area contributed by atoms with Crippen molar-refractivity contribution in [2.75, 3.05) is 19.4 Å². The van der Waals surface area contributed by atoms with Crippen molar-refractivity contribution in [3.63, 3.8) is 0 Å². The normalized spacial score (nSPS) is 18.4. The highest BCUT2D eigenvalue weighted by molar-refractivity contribution is 6.34. The van der Waals surface area contributed by atoms with Gasteiger partial charge in [0, 0.05) is 12.2 Å². The van der Waals surface area contributed by atoms with Gasteiger partial charge in [-0.15, -0.1) is 0 Å². The molecule has 6 heteroatoms. The molecule has 1 unspecified atom stereocenters. The predicted molar refractivity (Wildman–Crippen MR) is 71.9 cm³/mol. The molecule has 19 heavy (non-hydrogen) atoms. The number of likely N-dealkylation sites (tertiary alicyclic amines) is 1. The van der Waals surface area contributed by atoms with Crippen molar-refractivity contribution in [2.45, 2.75) is 18.9 Å². The SMILES string of the molecule is COC(=O)C1CCCN1C(=O)c1ccc(N)cc1Cl. The minimum atomic E-state index is -0.522. The quantitative estimate of drug-likeness (QED) is 0.662. The molecular formula is C13H15ClN2O3. The number of ether oxygens (including phenoxy) is 1. The van der Waals surface area contributed by atoms with E-state index in [-0.39, 0.29) is 5.91 Å². The highest BCUT2D eigenvalue weighted by Gasteiger charge is 2.35. The Bertz CT molecular complexity index is 519. The lowest BCUT2D eigenvalue weighted by atomic mass is 10.1. The Hall–Kier alpha value is -1.75. The van der Waals surface area contributed by atoms with Gasteiger partial charge >= 0.3 is 5.97 Å². The summed E-state index contributed by atoms with van der Waals surface area (Å²) in [5, 5.41) is 0.292. The molecule has 0 radical (unpaired) electrons. The molecule has 1 atom stereocenters. The van der Waals surface area contributed by atoms with E-state index in [2.05, 4.69) is 0 Å². The van der Waals surface area contributed by atoms with E-state index < -0.39 is 12.0 Å². The Labute approximate surface area is 116 Å². The molecular weight excluding hydrogens is 268 g/mol. The van der Waals surface area contributed by atoms with Crippen LogP contribution in [0.5, 0.6) is 0 Å². The number of nitrogens with two attached hydrogens (primary N) is 1. The summed E-state index contributed by atoms with van der Waals surface area (Å²) >= 11 is 6.02. The second kappa shape index (κ2) is 5.48. The van der Waals surface area contributed by atoms with Gasteiger partial charge in [-0.1, -0.05) is 11.6 Å². The fourth-order valence-electron chi connectivity index (χ4n) is 2.25. The summed E-state index contributed by atoms with van der Waals surface area (Å²) in [6.45, 7) is 0.527. The highest BCUT2D eigenvalue weighted by Crippen LogP contribution is 2.25. The molecule has 0 aromatic heterocycles. The van der Waals surface area contributed by atoms with Crippen molar-refractivity contribution < 1.29 is 14.3 Å². The van der Waals surface area contributed by atoms with Gasteiger partial charge in [-0.05, 0) is 31.0 Å². The van der Waals surface area contributed by atoms with Crippen LogP contribution in [0.25, 0.3) is 0 Å². The molecule has 102 valence electrons. The van der Waals surface area contributed by atoms with Gasteiger partial charge in [-0.2, -0.15) is 0 Å². The van der Waals surface area contributed by atoms with Crippen LogP contribution in [0.15, 0.2) is 18.2 Å². The number of amides is 1. The van der Waals surface area contributed by atoms with E-state index in [1.54, 1.807) is 12.1 Å². The number of benzene rings is 1. The van der Waals surface area contributed by atoms with Crippen molar-refractivity contribution in [1.29, 1.82) is 0 Å². The molecule has 1 fully saturated rings. The second-order valence-electron chi connectivity index (χ2n) is 4.42. The average Bonchev–Trinajstić information content (AvgIpc) is 2.86. The zero-order valence-corrected chi connectivity index (χ0v) is 11.3. The number of hydrogen-bond donors (Lipinski definition) is 1. The van der Waals surface area contributed by atoms with E-state index in [0.29, 0.717) is 29.2 Å². The van der Waals surface area contributed by atoms with E-state index >= 15 is 0 Å². The Balaban J connectivity index is 2.25. The number of rotatable bonds is 2. The van der Waals surface area contributed by atoms with Crippen LogP contribution in [0, 0.1) is 0 Å². The first kappa shape index (κ1) is 13.7. The van der Waals surface area contributed by atoms with Gasteiger partial charge in [0.05, 0.1) is 17.7 Å². The summed E-state index contributed by atoms with van der Waals surface area (Å²) in [4.78, 5) is 25.5. The molecule has 1 heterocycles. The lowest BCUT2D eigenvalue weighted by Gasteiger charge is -2.23. The van der Waals surface area contributed by atoms with Gasteiger partial charge < -0.3 is 15.4 Å². The third-order valence-electron chi connectivity index (χ3n) is 3.21. The topological polar surface area (TPSA) is 72.6 Å². The highest BCUT2D eigenvalue weighted by atomic mass is 35.5. The van der Waals surface area contributed by atoms with Crippen LogP contribution in [0.2, 0.25) is 5.02 Å². The monoisotopic (exact) mass is 282 g/mol. The van der Waals surface area contributed by atoms with E-state index in [4.69, 9.17) is 22.1 Å². The molecule has 2 rings (SSSR count). The lowest BCUT2D eigenvalue weighted by Crippen LogP contribution is -2.41. The van der Waals surface area contributed by atoms with Crippen molar-refractivity contribution >= 4 is 29.2 Å². The fourth-order valence-corrected chi connectivity index (χ4v) is 2.52. The molecule has 0 bridgehead atoms. The minimum Gasteiger partial charge on any atom is -0.467 e. The van der Waals surface area contributed by atoms with Gasteiger partial charge in [-0.3, -0.25) is 4.79 Å². The smallest absolute Gasteiger partial charge is 0.328 e. The minimum absolute atomic E-state index is 0.266. The molecule has 2 N–H and O–H groups in total. The molecule has 0 spiro atoms.